The minimum Gasteiger partial charge on any atom is -0.393 e. The van der Waals surface area contributed by atoms with Gasteiger partial charge in [-0.15, -0.1) is 5.10 Å². The number of quaternary nitrogens is 1. The summed E-state index contributed by atoms with van der Waals surface area (Å²) in [6.45, 7) is 5.67. The Bertz CT molecular complexity index is 1140. The van der Waals surface area contributed by atoms with E-state index >= 15 is 0 Å². The molecule has 5 rings (SSSR count). The highest BCUT2D eigenvalue weighted by atomic mass is 16.3. The van der Waals surface area contributed by atoms with E-state index in [4.69, 9.17) is 0 Å². The Labute approximate surface area is 181 Å². The Morgan fingerprint density at radius 3 is 2.65 bits per heavy atom. The molecule has 2 fully saturated rings. The lowest BCUT2D eigenvalue weighted by atomic mass is 9.98. The molecule has 3 N–H and O–H groups in total. The lowest BCUT2D eigenvalue weighted by Crippen LogP contribution is -3.14. The molecule has 8 heteroatoms. The van der Waals surface area contributed by atoms with Crippen molar-refractivity contribution >= 4 is 10.9 Å². The van der Waals surface area contributed by atoms with Crippen molar-refractivity contribution in [3.05, 3.63) is 51.1 Å². The number of piperidine rings is 1. The normalized spacial score (nSPS) is 23.5. The number of nitrogens with zero attached hydrogens (tertiary/aromatic N) is 4. The first kappa shape index (κ1) is 20.3. The van der Waals surface area contributed by atoms with E-state index in [9.17, 15) is 9.90 Å². The smallest absolute Gasteiger partial charge is 0.258 e. The van der Waals surface area contributed by atoms with Crippen LogP contribution in [-0.2, 0) is 0 Å². The van der Waals surface area contributed by atoms with Crippen molar-refractivity contribution in [2.75, 3.05) is 13.1 Å². The molecule has 1 aromatic carbocycles. The van der Waals surface area contributed by atoms with Crippen molar-refractivity contribution in [3.8, 4) is 0 Å². The van der Waals surface area contributed by atoms with Gasteiger partial charge in [0.05, 0.1) is 36.3 Å². The van der Waals surface area contributed by atoms with Crippen LogP contribution in [0.15, 0.2) is 23.0 Å². The van der Waals surface area contributed by atoms with E-state index in [-0.39, 0.29) is 17.7 Å². The maximum absolute atomic E-state index is 13.4. The fraction of sp³-hybridized carbons (Fsp3) is 0.565. The third-order valence-corrected chi connectivity index (χ3v) is 7.34. The molecular formula is C23H31N6O2+. The quantitative estimate of drug-likeness (QED) is 0.589. The van der Waals surface area contributed by atoms with Crippen LogP contribution in [-0.4, -0.2) is 49.5 Å². The monoisotopic (exact) mass is 423 g/mol. The second-order valence-electron chi connectivity index (χ2n) is 9.27. The van der Waals surface area contributed by atoms with E-state index in [1.54, 1.807) is 0 Å². The molecule has 164 valence electrons. The molecule has 1 atom stereocenters. The van der Waals surface area contributed by atoms with Crippen LogP contribution in [0.1, 0.15) is 73.1 Å². The van der Waals surface area contributed by atoms with Crippen LogP contribution in [0.25, 0.3) is 10.9 Å². The van der Waals surface area contributed by atoms with Gasteiger partial charge in [-0.2, -0.15) is 0 Å². The molecule has 0 unspecified atom stereocenters. The van der Waals surface area contributed by atoms with Gasteiger partial charge in [0.1, 0.15) is 0 Å². The van der Waals surface area contributed by atoms with Crippen molar-refractivity contribution in [1.82, 2.24) is 25.2 Å². The van der Waals surface area contributed by atoms with Gasteiger partial charge in [-0.05, 0) is 59.7 Å². The van der Waals surface area contributed by atoms with Crippen molar-refractivity contribution in [2.24, 2.45) is 0 Å². The molecule has 0 amide bonds. The molecule has 0 bridgehead atoms. The number of benzene rings is 1. The summed E-state index contributed by atoms with van der Waals surface area (Å²) in [4.78, 5) is 17.8. The number of hydrogen-bond donors (Lipinski definition) is 3. The SMILES string of the molecule is Cc1ccc2cc([C@@H](c3nnnn3C3CCCC3)[NH+]3CCC(O)CC3)c(=O)[nH]c2c1C. The Balaban J connectivity index is 1.65. The molecule has 1 aliphatic heterocycles. The number of aliphatic hydroxyl groups is 1. The van der Waals surface area contributed by atoms with Crippen molar-refractivity contribution in [3.63, 3.8) is 0 Å². The Hall–Kier alpha value is -2.58. The van der Waals surface area contributed by atoms with Crippen LogP contribution in [0, 0.1) is 13.8 Å². The predicted molar refractivity (Wildman–Crippen MR) is 117 cm³/mol. The van der Waals surface area contributed by atoms with Gasteiger partial charge in [-0.1, -0.05) is 25.0 Å². The Kier molecular flexibility index (Phi) is 5.35. The van der Waals surface area contributed by atoms with E-state index in [0.29, 0.717) is 11.6 Å². The fourth-order valence-corrected chi connectivity index (χ4v) is 5.36. The van der Waals surface area contributed by atoms with E-state index in [0.717, 1.165) is 66.6 Å². The molecule has 31 heavy (non-hydrogen) atoms. The minimum atomic E-state index is -0.268. The molecule has 0 radical (unpaired) electrons. The molecule has 1 saturated heterocycles. The highest BCUT2D eigenvalue weighted by Gasteiger charge is 2.38. The van der Waals surface area contributed by atoms with Crippen molar-refractivity contribution in [2.45, 2.75) is 70.6 Å². The van der Waals surface area contributed by atoms with Crippen molar-refractivity contribution < 1.29 is 10.0 Å². The zero-order valence-electron chi connectivity index (χ0n) is 18.3. The molecule has 3 heterocycles. The first-order valence-corrected chi connectivity index (χ1v) is 11.5. The fourth-order valence-electron chi connectivity index (χ4n) is 5.36. The largest absolute Gasteiger partial charge is 0.393 e. The summed E-state index contributed by atoms with van der Waals surface area (Å²) in [5.41, 5.74) is 3.78. The molecule has 1 saturated carbocycles. The second-order valence-corrected chi connectivity index (χ2v) is 9.27. The molecule has 2 aliphatic rings. The number of aryl methyl sites for hydroxylation is 2. The van der Waals surface area contributed by atoms with Crippen LogP contribution in [0.5, 0.6) is 0 Å². The summed E-state index contributed by atoms with van der Waals surface area (Å²) < 4.78 is 1.97. The zero-order chi connectivity index (χ0) is 21.5. The van der Waals surface area contributed by atoms with Gasteiger partial charge in [0.2, 0.25) is 5.82 Å². The third kappa shape index (κ3) is 3.68. The lowest BCUT2D eigenvalue weighted by Gasteiger charge is -2.33. The van der Waals surface area contributed by atoms with Crippen LogP contribution < -0.4 is 10.5 Å². The number of hydrogen-bond acceptors (Lipinski definition) is 5. The van der Waals surface area contributed by atoms with Gasteiger partial charge in [0.15, 0.2) is 6.04 Å². The zero-order valence-corrected chi connectivity index (χ0v) is 18.3. The number of aromatic nitrogens is 5. The predicted octanol–water partition coefficient (Wildman–Crippen LogP) is 1.38. The Morgan fingerprint density at radius 1 is 1.16 bits per heavy atom. The maximum atomic E-state index is 13.4. The van der Waals surface area contributed by atoms with E-state index in [2.05, 4.69) is 39.6 Å². The molecule has 1 aliphatic carbocycles. The molecule has 0 spiro atoms. The van der Waals surface area contributed by atoms with Gasteiger partial charge < -0.3 is 15.0 Å². The molecular weight excluding hydrogens is 392 g/mol. The second kappa shape index (κ2) is 8.16. The summed E-state index contributed by atoms with van der Waals surface area (Å²) in [5, 5.41) is 23.9. The van der Waals surface area contributed by atoms with E-state index < -0.39 is 0 Å². The third-order valence-electron chi connectivity index (χ3n) is 7.34. The van der Waals surface area contributed by atoms with Gasteiger partial charge in [0.25, 0.3) is 5.56 Å². The number of H-pyrrole nitrogens is 1. The van der Waals surface area contributed by atoms with Gasteiger partial charge in [-0.3, -0.25) is 4.79 Å². The van der Waals surface area contributed by atoms with E-state index in [1.807, 2.05) is 17.7 Å². The summed E-state index contributed by atoms with van der Waals surface area (Å²) in [7, 11) is 0. The number of tetrazole rings is 1. The number of pyridine rings is 1. The average Bonchev–Trinajstić information content (AvgIpc) is 3.45. The standard InChI is InChI=1S/C23H30N6O2/c1-14-7-8-16-13-19(23(31)24-20(16)15(14)2)21(28-11-9-18(30)10-12-28)22-25-26-27-29(22)17-5-3-4-6-17/h7-8,13,17-18,21,30H,3-6,9-12H2,1-2H3,(H,24,31)/p+1/t21-/m0/s1. The van der Waals surface area contributed by atoms with Gasteiger partial charge >= 0.3 is 0 Å². The number of aliphatic hydroxyl groups excluding tert-OH is 1. The highest BCUT2D eigenvalue weighted by Crippen LogP contribution is 2.31. The lowest BCUT2D eigenvalue weighted by molar-refractivity contribution is -0.932. The van der Waals surface area contributed by atoms with Crippen molar-refractivity contribution in [1.29, 1.82) is 0 Å². The first-order chi connectivity index (χ1) is 15.0. The summed E-state index contributed by atoms with van der Waals surface area (Å²) in [6.07, 6.45) is 5.70. The topological polar surface area (TPSA) is 101 Å². The molecule has 8 nitrogen and oxygen atoms in total. The maximum Gasteiger partial charge on any atom is 0.258 e. The average molecular weight is 424 g/mol. The van der Waals surface area contributed by atoms with Gasteiger partial charge in [0, 0.05) is 12.8 Å². The first-order valence-electron chi connectivity index (χ1n) is 11.5. The van der Waals surface area contributed by atoms with Crippen LogP contribution in [0.4, 0.5) is 0 Å². The summed E-state index contributed by atoms with van der Waals surface area (Å²) in [5.74, 6) is 0.770. The molecule has 3 aromatic rings. The highest BCUT2D eigenvalue weighted by molar-refractivity contribution is 5.83. The van der Waals surface area contributed by atoms with Crippen LogP contribution >= 0.6 is 0 Å². The molecule has 2 aromatic heterocycles. The van der Waals surface area contributed by atoms with Gasteiger partial charge in [-0.25, -0.2) is 4.68 Å². The minimum absolute atomic E-state index is 0.0780. The van der Waals surface area contributed by atoms with E-state index in [1.165, 1.54) is 17.7 Å². The summed E-state index contributed by atoms with van der Waals surface area (Å²) in [6, 6.07) is 6.24. The summed E-state index contributed by atoms with van der Waals surface area (Å²) >= 11 is 0. The number of likely N-dealkylation sites (tertiary alicyclic amines) is 1. The van der Waals surface area contributed by atoms with Crippen LogP contribution in [0.2, 0.25) is 0 Å². The number of nitrogens with one attached hydrogen (secondary N) is 2. The number of fused-ring (bicyclic) bond motifs is 1. The number of aromatic amines is 1. The Morgan fingerprint density at radius 2 is 1.90 bits per heavy atom. The number of rotatable bonds is 4. The van der Waals surface area contributed by atoms with Crippen LogP contribution in [0.3, 0.4) is 0 Å².